The Morgan fingerprint density at radius 1 is 1.60 bits per heavy atom. The van der Waals surface area contributed by atoms with Crippen LogP contribution in [0, 0.1) is 0 Å². The fraction of sp³-hybridized carbons (Fsp3) is 0.545. The van der Waals surface area contributed by atoms with Crippen molar-refractivity contribution in [1.82, 2.24) is 9.88 Å². The van der Waals surface area contributed by atoms with E-state index in [4.69, 9.17) is 0 Å². The van der Waals surface area contributed by atoms with E-state index in [2.05, 4.69) is 50.6 Å². The lowest BCUT2D eigenvalue weighted by molar-refractivity contribution is 0.278. The molecule has 82 valence electrons. The highest BCUT2D eigenvalue weighted by Crippen LogP contribution is 2.20. The first-order chi connectivity index (χ1) is 7.24. The van der Waals surface area contributed by atoms with Crippen molar-refractivity contribution in [2.45, 2.75) is 18.7 Å². The summed E-state index contributed by atoms with van der Waals surface area (Å²) in [4.78, 5) is 6.69. The normalized spacial score (nSPS) is 22.9. The summed E-state index contributed by atoms with van der Waals surface area (Å²) in [5.41, 5.74) is 1.29. The van der Waals surface area contributed by atoms with Crippen molar-refractivity contribution >= 4 is 27.7 Å². The van der Waals surface area contributed by atoms with Crippen LogP contribution in [-0.4, -0.2) is 34.0 Å². The van der Waals surface area contributed by atoms with Crippen LogP contribution in [0.25, 0.3) is 0 Å². The van der Waals surface area contributed by atoms with E-state index in [9.17, 15) is 0 Å². The molecule has 0 radical (unpaired) electrons. The summed E-state index contributed by atoms with van der Waals surface area (Å²) in [6.45, 7) is 5.71. The number of hydrogen-bond acceptors (Lipinski definition) is 3. The predicted molar refractivity (Wildman–Crippen MR) is 69.1 cm³/mol. The molecule has 1 aliphatic heterocycles. The number of thioether (sulfide) groups is 1. The largest absolute Gasteiger partial charge is 0.297 e. The lowest BCUT2D eigenvalue weighted by Gasteiger charge is -2.30. The van der Waals surface area contributed by atoms with Gasteiger partial charge in [-0.15, -0.1) is 0 Å². The van der Waals surface area contributed by atoms with Gasteiger partial charge in [0.05, 0.1) is 0 Å². The van der Waals surface area contributed by atoms with Gasteiger partial charge in [0.25, 0.3) is 0 Å². The summed E-state index contributed by atoms with van der Waals surface area (Å²) in [7, 11) is 0. The van der Waals surface area contributed by atoms with Gasteiger partial charge in [0, 0.05) is 47.5 Å². The van der Waals surface area contributed by atoms with Crippen LogP contribution in [0.2, 0.25) is 0 Å². The zero-order valence-corrected chi connectivity index (χ0v) is 11.2. The van der Waals surface area contributed by atoms with Gasteiger partial charge in [-0.05, 0) is 27.6 Å². The Morgan fingerprint density at radius 2 is 2.47 bits per heavy atom. The van der Waals surface area contributed by atoms with Crippen LogP contribution >= 0.6 is 27.7 Å². The molecule has 2 heterocycles. The maximum absolute atomic E-state index is 4.19. The van der Waals surface area contributed by atoms with Crippen LogP contribution in [0.3, 0.4) is 0 Å². The monoisotopic (exact) mass is 286 g/mol. The highest BCUT2D eigenvalue weighted by atomic mass is 79.9. The molecule has 1 atom stereocenters. The third kappa shape index (κ3) is 3.47. The number of rotatable bonds is 2. The maximum Gasteiger partial charge on any atom is 0.0410 e. The summed E-state index contributed by atoms with van der Waals surface area (Å²) in [6, 6.07) is 2.15. The van der Waals surface area contributed by atoms with Crippen molar-refractivity contribution in [3.05, 3.63) is 28.5 Å². The van der Waals surface area contributed by atoms with Gasteiger partial charge in [-0.25, -0.2) is 0 Å². The molecule has 0 N–H and O–H groups in total. The van der Waals surface area contributed by atoms with E-state index in [-0.39, 0.29) is 0 Å². The van der Waals surface area contributed by atoms with Crippen molar-refractivity contribution in [3.8, 4) is 0 Å². The van der Waals surface area contributed by atoms with Crippen molar-refractivity contribution in [2.24, 2.45) is 0 Å². The molecule has 15 heavy (non-hydrogen) atoms. The van der Waals surface area contributed by atoms with Crippen molar-refractivity contribution in [1.29, 1.82) is 0 Å². The Hall–Kier alpha value is -0.0600. The topological polar surface area (TPSA) is 16.1 Å². The van der Waals surface area contributed by atoms with Crippen molar-refractivity contribution in [2.75, 3.05) is 18.8 Å². The van der Waals surface area contributed by atoms with Gasteiger partial charge in [0.2, 0.25) is 0 Å². The molecule has 0 spiro atoms. The average molecular weight is 287 g/mol. The van der Waals surface area contributed by atoms with Gasteiger partial charge in [-0.2, -0.15) is 11.8 Å². The molecule has 4 heteroatoms. The molecule has 0 amide bonds. The van der Waals surface area contributed by atoms with Gasteiger partial charge >= 0.3 is 0 Å². The Bertz CT molecular complexity index is 332. The molecular formula is C11H15BrN2S. The summed E-state index contributed by atoms with van der Waals surface area (Å²) < 4.78 is 1.07. The second kappa shape index (κ2) is 5.32. The molecule has 1 fully saturated rings. The standard InChI is InChI=1S/C11H15BrN2S/c1-9-7-14(2-3-15-9)8-10-4-11(12)6-13-5-10/h4-6,9H,2-3,7-8H2,1H3. The van der Waals surface area contributed by atoms with Crippen LogP contribution in [0.1, 0.15) is 12.5 Å². The first-order valence-electron chi connectivity index (χ1n) is 5.17. The van der Waals surface area contributed by atoms with Gasteiger partial charge in [0.15, 0.2) is 0 Å². The van der Waals surface area contributed by atoms with E-state index in [1.807, 2.05) is 12.4 Å². The van der Waals surface area contributed by atoms with Crippen LogP contribution in [0.4, 0.5) is 0 Å². The van der Waals surface area contributed by atoms with Crippen molar-refractivity contribution < 1.29 is 0 Å². The highest BCUT2D eigenvalue weighted by Gasteiger charge is 2.16. The number of aromatic nitrogens is 1. The molecule has 0 bridgehead atoms. The molecule has 1 unspecified atom stereocenters. The number of pyridine rings is 1. The van der Waals surface area contributed by atoms with E-state index in [0.29, 0.717) is 0 Å². The van der Waals surface area contributed by atoms with Crippen molar-refractivity contribution in [3.63, 3.8) is 0 Å². The zero-order valence-electron chi connectivity index (χ0n) is 8.82. The SMILES string of the molecule is CC1CN(Cc2cncc(Br)c2)CCS1. The predicted octanol–water partition coefficient (Wildman–Crippen LogP) is 2.78. The minimum absolute atomic E-state index is 0.763. The Kier molecular flexibility index (Phi) is 4.05. The molecule has 0 aliphatic carbocycles. The Labute approximate surface area is 104 Å². The summed E-state index contributed by atoms with van der Waals surface area (Å²) in [5.74, 6) is 1.25. The van der Waals surface area contributed by atoms with Crippen LogP contribution in [0.15, 0.2) is 22.9 Å². The molecule has 0 saturated carbocycles. The van der Waals surface area contributed by atoms with Gasteiger partial charge in [-0.3, -0.25) is 9.88 Å². The first-order valence-corrected chi connectivity index (χ1v) is 7.01. The Morgan fingerprint density at radius 3 is 3.20 bits per heavy atom. The van der Waals surface area contributed by atoms with Crippen LogP contribution in [0.5, 0.6) is 0 Å². The minimum atomic E-state index is 0.763. The molecule has 1 aromatic rings. The number of halogens is 1. The zero-order chi connectivity index (χ0) is 10.7. The molecule has 2 nitrogen and oxygen atoms in total. The molecular weight excluding hydrogens is 272 g/mol. The number of nitrogens with zero attached hydrogens (tertiary/aromatic N) is 2. The van der Waals surface area contributed by atoms with Gasteiger partial charge < -0.3 is 0 Å². The van der Waals surface area contributed by atoms with Crippen LogP contribution in [-0.2, 0) is 6.54 Å². The van der Waals surface area contributed by atoms with E-state index in [1.54, 1.807) is 0 Å². The van der Waals surface area contributed by atoms with Gasteiger partial charge in [0.1, 0.15) is 0 Å². The quantitative estimate of drug-likeness (QED) is 0.832. The maximum atomic E-state index is 4.19. The fourth-order valence-electron chi connectivity index (χ4n) is 1.83. The third-order valence-electron chi connectivity index (χ3n) is 2.49. The fourth-order valence-corrected chi connectivity index (χ4v) is 3.33. The minimum Gasteiger partial charge on any atom is -0.297 e. The van der Waals surface area contributed by atoms with Gasteiger partial charge in [-0.1, -0.05) is 6.92 Å². The average Bonchev–Trinajstić information content (AvgIpc) is 2.17. The smallest absolute Gasteiger partial charge is 0.0410 e. The van der Waals surface area contributed by atoms with E-state index in [1.165, 1.54) is 24.4 Å². The molecule has 1 aliphatic rings. The van der Waals surface area contributed by atoms with E-state index < -0.39 is 0 Å². The second-order valence-corrected chi connectivity index (χ2v) is 6.39. The molecule has 2 rings (SSSR count). The summed E-state index contributed by atoms with van der Waals surface area (Å²) in [5, 5.41) is 0.763. The summed E-state index contributed by atoms with van der Waals surface area (Å²) in [6.07, 6.45) is 3.79. The third-order valence-corrected chi connectivity index (χ3v) is 4.06. The molecule has 1 saturated heterocycles. The number of hydrogen-bond donors (Lipinski definition) is 0. The first kappa shape index (κ1) is 11.4. The summed E-state index contributed by atoms with van der Waals surface area (Å²) >= 11 is 5.52. The van der Waals surface area contributed by atoms with Crippen LogP contribution < -0.4 is 0 Å². The van der Waals surface area contributed by atoms with E-state index >= 15 is 0 Å². The highest BCUT2D eigenvalue weighted by molar-refractivity contribution is 9.10. The molecule has 0 aromatic carbocycles. The lowest BCUT2D eigenvalue weighted by atomic mass is 10.2. The second-order valence-electron chi connectivity index (χ2n) is 3.93. The lowest BCUT2D eigenvalue weighted by Crippen LogP contribution is -2.36. The molecule has 1 aromatic heterocycles. The Balaban J connectivity index is 1.96. The van der Waals surface area contributed by atoms with E-state index in [0.717, 1.165) is 16.3 Å².